The number of halogens is 1. The van der Waals surface area contributed by atoms with E-state index in [9.17, 15) is 0 Å². The molecule has 2 saturated carbocycles. The minimum atomic E-state index is 0.690. The van der Waals surface area contributed by atoms with Gasteiger partial charge in [0.25, 0.3) is 0 Å². The normalized spacial score (nSPS) is 37.2. The van der Waals surface area contributed by atoms with Crippen LogP contribution in [0.15, 0.2) is 23.2 Å². The molecule has 2 atom stereocenters. The summed E-state index contributed by atoms with van der Waals surface area (Å²) in [5, 5.41) is 0.818. The van der Waals surface area contributed by atoms with E-state index in [1.165, 1.54) is 43.5 Å². The zero-order valence-electron chi connectivity index (χ0n) is 11.6. The first-order chi connectivity index (χ1) is 9.78. The lowest BCUT2D eigenvalue weighted by Crippen LogP contribution is -2.41. The number of amidine groups is 1. The molecule has 1 aromatic rings. The first kappa shape index (κ1) is 11.6. The Hall–Kier alpha value is -1.02. The standard InChI is InChI=1S/C17H19ClN2/c18-15-3-1-2-12-9-20-14-7-10-4-11(8-14)6-13(5-10)17(20)19-16(12)15/h1-3,10-11,13-14H,4-9H2/t10-,11-,13?,14?/m0/s1. The molecule has 4 bridgehead atoms. The molecule has 2 aliphatic carbocycles. The number of nitrogens with zero attached hydrogens (tertiary/aromatic N) is 2. The fourth-order valence-corrected chi connectivity index (χ4v) is 5.42. The van der Waals surface area contributed by atoms with Gasteiger partial charge >= 0.3 is 0 Å². The summed E-state index contributed by atoms with van der Waals surface area (Å²) in [6, 6.07) is 6.96. The van der Waals surface area contributed by atoms with Crippen LogP contribution in [0.1, 0.15) is 37.7 Å². The first-order valence-corrected chi connectivity index (χ1v) is 8.28. The van der Waals surface area contributed by atoms with Gasteiger partial charge in [-0.2, -0.15) is 0 Å². The number of hydrogen-bond acceptors (Lipinski definition) is 2. The molecule has 2 nitrogen and oxygen atoms in total. The van der Waals surface area contributed by atoms with Crippen LogP contribution >= 0.6 is 11.6 Å². The van der Waals surface area contributed by atoms with Crippen LogP contribution in [0.25, 0.3) is 0 Å². The Balaban J connectivity index is 1.66. The highest BCUT2D eigenvalue weighted by molar-refractivity contribution is 6.33. The quantitative estimate of drug-likeness (QED) is 0.690. The monoisotopic (exact) mass is 286 g/mol. The molecule has 0 radical (unpaired) electrons. The molecule has 4 fully saturated rings. The van der Waals surface area contributed by atoms with Gasteiger partial charge in [-0.15, -0.1) is 0 Å². The zero-order valence-corrected chi connectivity index (χ0v) is 12.3. The van der Waals surface area contributed by atoms with Gasteiger partial charge in [-0.25, -0.2) is 4.99 Å². The molecule has 104 valence electrons. The third kappa shape index (κ3) is 1.54. The fraction of sp³-hybridized carbons (Fsp3) is 0.588. The molecule has 1 aromatic carbocycles. The number of fused-ring (bicyclic) bond motifs is 1. The first-order valence-electron chi connectivity index (χ1n) is 7.90. The lowest BCUT2D eigenvalue weighted by molar-refractivity contribution is 0.128. The zero-order chi connectivity index (χ0) is 13.3. The number of aliphatic imine (C=N–C) groups is 1. The van der Waals surface area contributed by atoms with Crippen molar-refractivity contribution in [2.75, 3.05) is 0 Å². The van der Waals surface area contributed by atoms with Crippen molar-refractivity contribution >= 4 is 23.1 Å². The number of hydrogen-bond donors (Lipinski definition) is 0. The Labute approximate surface area is 124 Å². The van der Waals surface area contributed by atoms with E-state index in [4.69, 9.17) is 16.6 Å². The van der Waals surface area contributed by atoms with E-state index in [1.807, 2.05) is 6.07 Å². The lowest BCUT2D eigenvalue weighted by atomic mass is 9.68. The van der Waals surface area contributed by atoms with E-state index in [1.54, 1.807) is 0 Å². The van der Waals surface area contributed by atoms with Crippen LogP contribution < -0.4 is 0 Å². The van der Waals surface area contributed by atoms with Gasteiger partial charge in [0.2, 0.25) is 0 Å². The van der Waals surface area contributed by atoms with Crippen LogP contribution in [0.4, 0.5) is 5.69 Å². The summed E-state index contributed by atoms with van der Waals surface area (Å²) in [6.45, 7) is 1.02. The highest BCUT2D eigenvalue weighted by Gasteiger charge is 2.46. The Morgan fingerprint density at radius 1 is 1.05 bits per heavy atom. The number of para-hydroxylation sites is 1. The molecule has 6 rings (SSSR count). The third-order valence-electron chi connectivity index (χ3n) is 5.85. The second-order valence-corrected chi connectivity index (χ2v) is 7.51. The van der Waals surface area contributed by atoms with E-state index >= 15 is 0 Å². The molecule has 20 heavy (non-hydrogen) atoms. The van der Waals surface area contributed by atoms with Gasteiger partial charge in [0.05, 0.1) is 10.7 Å². The second kappa shape index (κ2) is 4.00. The van der Waals surface area contributed by atoms with Crippen molar-refractivity contribution in [2.24, 2.45) is 22.7 Å². The largest absolute Gasteiger partial charge is 0.352 e. The maximum absolute atomic E-state index is 6.37. The fourth-order valence-electron chi connectivity index (χ4n) is 5.18. The maximum atomic E-state index is 6.37. The van der Waals surface area contributed by atoms with Gasteiger partial charge in [0.1, 0.15) is 5.84 Å². The molecule has 0 N–H and O–H groups in total. The predicted octanol–water partition coefficient (Wildman–Crippen LogP) is 4.39. The van der Waals surface area contributed by atoms with E-state index in [2.05, 4.69) is 17.0 Å². The van der Waals surface area contributed by atoms with Crippen molar-refractivity contribution in [2.45, 2.75) is 44.7 Å². The van der Waals surface area contributed by atoms with Gasteiger partial charge in [-0.1, -0.05) is 23.7 Å². The molecule has 0 amide bonds. The summed E-state index contributed by atoms with van der Waals surface area (Å²) in [4.78, 5) is 7.66. The summed E-state index contributed by atoms with van der Waals surface area (Å²) in [5.41, 5.74) is 2.35. The smallest absolute Gasteiger partial charge is 0.109 e. The summed E-state index contributed by atoms with van der Waals surface area (Å²) in [7, 11) is 0. The number of rotatable bonds is 0. The highest BCUT2D eigenvalue weighted by Crippen LogP contribution is 2.50. The van der Waals surface area contributed by atoms with Crippen LogP contribution in [0, 0.1) is 17.8 Å². The van der Waals surface area contributed by atoms with E-state index < -0.39 is 0 Å². The van der Waals surface area contributed by atoms with Crippen LogP contribution in [0.2, 0.25) is 5.02 Å². The van der Waals surface area contributed by atoms with Crippen molar-refractivity contribution in [1.29, 1.82) is 0 Å². The maximum Gasteiger partial charge on any atom is 0.109 e. The number of benzene rings is 1. The lowest BCUT2D eigenvalue weighted by Gasteiger charge is -2.39. The van der Waals surface area contributed by atoms with E-state index in [0.717, 1.165) is 35.1 Å². The van der Waals surface area contributed by atoms with E-state index in [0.29, 0.717) is 5.92 Å². The molecule has 3 aliphatic heterocycles. The van der Waals surface area contributed by atoms with Crippen molar-refractivity contribution < 1.29 is 0 Å². The molecule has 0 aromatic heterocycles. The minimum absolute atomic E-state index is 0.690. The van der Waals surface area contributed by atoms with E-state index in [-0.39, 0.29) is 0 Å². The summed E-state index contributed by atoms with van der Waals surface area (Å²) >= 11 is 6.37. The molecule has 0 spiro atoms. The molecule has 3 heteroatoms. The van der Waals surface area contributed by atoms with Gasteiger partial charge in [0.15, 0.2) is 0 Å². The van der Waals surface area contributed by atoms with Crippen molar-refractivity contribution in [1.82, 2.24) is 4.90 Å². The molecular formula is C17H19ClN2. The van der Waals surface area contributed by atoms with Crippen LogP contribution in [-0.2, 0) is 6.54 Å². The molecule has 2 saturated heterocycles. The van der Waals surface area contributed by atoms with Crippen LogP contribution in [-0.4, -0.2) is 16.8 Å². The van der Waals surface area contributed by atoms with Crippen LogP contribution in [0.3, 0.4) is 0 Å². The van der Waals surface area contributed by atoms with Crippen molar-refractivity contribution in [3.8, 4) is 0 Å². The second-order valence-electron chi connectivity index (χ2n) is 7.11. The van der Waals surface area contributed by atoms with Gasteiger partial charge in [0, 0.05) is 18.5 Å². The van der Waals surface area contributed by atoms with Gasteiger partial charge < -0.3 is 4.90 Å². The third-order valence-corrected chi connectivity index (χ3v) is 6.16. The topological polar surface area (TPSA) is 15.6 Å². The Morgan fingerprint density at radius 3 is 2.65 bits per heavy atom. The average Bonchev–Trinajstić information content (AvgIpc) is 2.60. The van der Waals surface area contributed by atoms with Crippen molar-refractivity contribution in [3.05, 3.63) is 28.8 Å². The summed E-state index contributed by atoms with van der Waals surface area (Å²) < 4.78 is 0. The molecular weight excluding hydrogens is 268 g/mol. The predicted molar refractivity (Wildman–Crippen MR) is 81.4 cm³/mol. The summed E-state index contributed by atoms with van der Waals surface area (Å²) in [5.74, 6) is 3.95. The van der Waals surface area contributed by atoms with Gasteiger partial charge in [-0.05, 0) is 55.6 Å². The Kier molecular flexibility index (Phi) is 2.33. The molecule has 5 aliphatic rings. The van der Waals surface area contributed by atoms with Crippen molar-refractivity contribution in [3.63, 3.8) is 0 Å². The SMILES string of the molecule is Clc1cccc2c1N=C1C3C[C@H]4CC(C[C@H](C3)C4)N1C2. The van der Waals surface area contributed by atoms with Gasteiger partial charge in [-0.3, -0.25) is 0 Å². The Bertz CT molecular complexity index is 595. The summed E-state index contributed by atoms with van der Waals surface area (Å²) in [6.07, 6.45) is 6.98. The molecule has 0 unspecified atom stereocenters. The Morgan fingerprint density at radius 2 is 1.85 bits per heavy atom. The highest BCUT2D eigenvalue weighted by atomic mass is 35.5. The average molecular weight is 287 g/mol. The minimum Gasteiger partial charge on any atom is -0.352 e. The van der Waals surface area contributed by atoms with Crippen LogP contribution in [0.5, 0.6) is 0 Å². The molecule has 3 heterocycles.